The molecule has 0 aliphatic carbocycles. The topological polar surface area (TPSA) is 135 Å². The minimum atomic E-state index is -0.693. The Balaban J connectivity index is 1.60. The van der Waals surface area contributed by atoms with Crippen molar-refractivity contribution in [3.05, 3.63) is 60.2 Å². The van der Waals surface area contributed by atoms with E-state index in [-0.39, 0.29) is 24.1 Å². The van der Waals surface area contributed by atoms with Gasteiger partial charge in [-0.1, -0.05) is 0 Å². The molecule has 0 aliphatic rings. The van der Waals surface area contributed by atoms with Crippen LogP contribution in [0.25, 0.3) is 22.0 Å². The quantitative estimate of drug-likeness (QED) is 0.256. The highest BCUT2D eigenvalue weighted by Gasteiger charge is 2.17. The van der Waals surface area contributed by atoms with Gasteiger partial charge in [0.05, 0.1) is 19.2 Å². The number of halogens is 1. The number of pyridine rings is 1. The molecule has 0 fully saturated rings. The van der Waals surface area contributed by atoms with Crippen molar-refractivity contribution in [2.45, 2.75) is 26.8 Å². The minimum Gasteiger partial charge on any atom is -0.489 e. The zero-order chi connectivity index (χ0) is 26.5. The Bertz CT molecular complexity index is 1420. The van der Waals surface area contributed by atoms with E-state index in [1.54, 1.807) is 11.5 Å². The molecule has 4 aromatic rings. The number of rotatable bonds is 9. The number of aromatic nitrogens is 5. The van der Waals surface area contributed by atoms with E-state index in [0.717, 1.165) is 11.1 Å². The lowest BCUT2D eigenvalue weighted by molar-refractivity contribution is 0.0705. The Morgan fingerprint density at radius 2 is 1.84 bits per heavy atom. The number of aryl methyl sites for hydroxylation is 1. The molecule has 0 saturated heterocycles. The van der Waals surface area contributed by atoms with Crippen LogP contribution in [0.15, 0.2) is 43.1 Å². The second-order valence-corrected chi connectivity index (χ2v) is 8.39. The summed E-state index contributed by atoms with van der Waals surface area (Å²) in [7, 11) is 1.36. The van der Waals surface area contributed by atoms with Gasteiger partial charge in [0.15, 0.2) is 5.82 Å². The van der Waals surface area contributed by atoms with E-state index < -0.39 is 11.7 Å². The van der Waals surface area contributed by atoms with Crippen LogP contribution < -0.4 is 19.9 Å². The Kier molecular flexibility index (Phi) is 7.68. The molecule has 12 heteroatoms. The van der Waals surface area contributed by atoms with Gasteiger partial charge in [0.1, 0.15) is 24.2 Å². The first-order valence-corrected chi connectivity index (χ1v) is 11.4. The van der Waals surface area contributed by atoms with E-state index in [1.165, 1.54) is 38.1 Å². The first-order chi connectivity index (χ1) is 17.8. The molecule has 0 radical (unpaired) electrons. The highest BCUT2D eigenvalue weighted by Crippen LogP contribution is 2.33. The van der Waals surface area contributed by atoms with E-state index >= 15 is 0 Å². The van der Waals surface area contributed by atoms with Crippen molar-refractivity contribution < 1.29 is 23.9 Å². The molecule has 0 bridgehead atoms. The van der Waals surface area contributed by atoms with Crippen molar-refractivity contribution >= 4 is 22.8 Å². The van der Waals surface area contributed by atoms with Crippen LogP contribution in [0.2, 0.25) is 0 Å². The number of ether oxygens (including phenoxy) is 2. The monoisotopic (exact) mass is 507 g/mol. The molecule has 0 aliphatic heterocycles. The Morgan fingerprint density at radius 1 is 1.08 bits per heavy atom. The van der Waals surface area contributed by atoms with Gasteiger partial charge in [-0.25, -0.2) is 34.8 Å². The molecule has 0 atom stereocenters. The summed E-state index contributed by atoms with van der Waals surface area (Å²) in [5.74, 6) is -0.430. The van der Waals surface area contributed by atoms with E-state index in [9.17, 15) is 9.18 Å². The molecule has 2 N–H and O–H groups in total. The lowest BCUT2D eigenvalue weighted by Gasteiger charge is -2.26. The third-order valence-corrected chi connectivity index (χ3v) is 5.71. The molecule has 192 valence electrons. The number of hydrogen-bond donors (Lipinski definition) is 2. The van der Waals surface area contributed by atoms with Gasteiger partial charge in [-0.2, -0.15) is 0 Å². The lowest BCUT2D eigenvalue weighted by atomic mass is 10.0. The van der Waals surface area contributed by atoms with Gasteiger partial charge in [0, 0.05) is 41.3 Å². The summed E-state index contributed by atoms with van der Waals surface area (Å²) < 4.78 is 25.4. The summed E-state index contributed by atoms with van der Waals surface area (Å²) in [5.41, 5.74) is 4.31. The van der Waals surface area contributed by atoms with Crippen molar-refractivity contribution in [1.29, 1.82) is 0 Å². The summed E-state index contributed by atoms with van der Waals surface area (Å²) in [6, 6.07) is 5.05. The summed E-state index contributed by atoms with van der Waals surface area (Å²) in [6.07, 6.45) is 5.67. The maximum absolute atomic E-state index is 14.4. The zero-order valence-corrected chi connectivity index (χ0v) is 20.8. The van der Waals surface area contributed by atoms with Gasteiger partial charge in [-0.15, -0.1) is 0 Å². The first kappa shape index (κ1) is 25.6. The number of hydroxylamine groups is 1. The first-order valence-electron chi connectivity index (χ1n) is 11.4. The van der Waals surface area contributed by atoms with Gasteiger partial charge in [-0.3, -0.25) is 10.0 Å². The van der Waals surface area contributed by atoms with E-state index in [2.05, 4.69) is 24.9 Å². The number of nitrogens with zero attached hydrogens (tertiary/aromatic N) is 6. The summed E-state index contributed by atoms with van der Waals surface area (Å²) >= 11 is 0. The van der Waals surface area contributed by atoms with Crippen molar-refractivity contribution in [3.8, 4) is 22.8 Å². The van der Waals surface area contributed by atoms with Crippen molar-refractivity contribution in [1.82, 2.24) is 30.4 Å². The van der Waals surface area contributed by atoms with Crippen LogP contribution in [0.5, 0.6) is 11.6 Å². The van der Waals surface area contributed by atoms with Crippen molar-refractivity contribution in [2.75, 3.05) is 25.2 Å². The third kappa shape index (κ3) is 5.54. The number of nitrogens with one attached hydrogen (secondary N) is 1. The Labute approximate surface area is 212 Å². The second-order valence-electron chi connectivity index (χ2n) is 8.39. The van der Waals surface area contributed by atoms with Gasteiger partial charge >= 0.3 is 0 Å². The average molecular weight is 508 g/mol. The fraction of sp³-hybridized carbons (Fsp3) is 0.280. The zero-order valence-electron chi connectivity index (χ0n) is 20.8. The molecule has 0 unspecified atom stereocenters. The highest BCUT2D eigenvalue weighted by atomic mass is 19.1. The number of benzene rings is 1. The van der Waals surface area contributed by atoms with E-state index in [4.69, 9.17) is 14.7 Å². The van der Waals surface area contributed by atoms with E-state index in [0.29, 0.717) is 34.9 Å². The smallest absolute Gasteiger partial charge is 0.277 e. The number of carbonyl (C=O) groups excluding carboxylic acids is 1. The standard InChI is InChI=1S/C25H26FN7O4/c1-14(2)33(25-28-11-18(12-29-25)23(34)32-35)5-6-37-21-9-16(7-19-15(3)30-13-31-22(19)21)17-8-20(26)24(36-4)27-10-17/h7-14,35H,5-6H2,1-4H3,(H,32,34). The van der Waals surface area contributed by atoms with Crippen LogP contribution in [0, 0.1) is 12.7 Å². The lowest BCUT2D eigenvalue weighted by Crippen LogP contribution is -2.36. The fourth-order valence-corrected chi connectivity index (χ4v) is 3.76. The molecule has 1 amide bonds. The molecular weight excluding hydrogens is 481 g/mol. The van der Waals surface area contributed by atoms with Gasteiger partial charge in [-0.05, 0) is 44.5 Å². The summed E-state index contributed by atoms with van der Waals surface area (Å²) in [6.45, 7) is 6.52. The fourth-order valence-electron chi connectivity index (χ4n) is 3.76. The largest absolute Gasteiger partial charge is 0.489 e. The van der Waals surface area contributed by atoms with Crippen LogP contribution in [0.4, 0.5) is 10.3 Å². The SMILES string of the molecule is COc1ncc(-c2cc(OCCN(c3ncc(C(=O)NO)cn3)C(C)C)c3ncnc(C)c3c2)cc1F. The third-order valence-electron chi connectivity index (χ3n) is 5.71. The second kappa shape index (κ2) is 11.1. The van der Waals surface area contributed by atoms with Crippen LogP contribution in [-0.4, -0.2) is 62.3 Å². The number of amides is 1. The maximum atomic E-state index is 14.4. The van der Waals surface area contributed by atoms with Gasteiger partial charge in [0.2, 0.25) is 11.8 Å². The van der Waals surface area contributed by atoms with Crippen LogP contribution >= 0.6 is 0 Å². The summed E-state index contributed by atoms with van der Waals surface area (Å²) in [4.78, 5) is 34.7. The van der Waals surface area contributed by atoms with Crippen LogP contribution in [0.3, 0.4) is 0 Å². The molecule has 11 nitrogen and oxygen atoms in total. The normalized spacial score (nSPS) is 11.0. The maximum Gasteiger partial charge on any atom is 0.277 e. The van der Waals surface area contributed by atoms with Crippen molar-refractivity contribution in [2.24, 2.45) is 0 Å². The highest BCUT2D eigenvalue weighted by molar-refractivity contribution is 5.93. The molecule has 3 aromatic heterocycles. The molecule has 0 spiro atoms. The van der Waals surface area contributed by atoms with Crippen LogP contribution in [0.1, 0.15) is 29.9 Å². The van der Waals surface area contributed by atoms with E-state index in [1.807, 2.05) is 31.7 Å². The number of carbonyl (C=O) groups is 1. The average Bonchev–Trinajstić information content (AvgIpc) is 2.90. The Morgan fingerprint density at radius 3 is 2.49 bits per heavy atom. The van der Waals surface area contributed by atoms with Crippen LogP contribution in [-0.2, 0) is 0 Å². The van der Waals surface area contributed by atoms with Crippen molar-refractivity contribution in [3.63, 3.8) is 0 Å². The number of methoxy groups -OCH3 is 1. The predicted molar refractivity (Wildman–Crippen MR) is 133 cm³/mol. The van der Waals surface area contributed by atoms with Gasteiger partial charge < -0.3 is 14.4 Å². The predicted octanol–water partition coefficient (Wildman–Crippen LogP) is 3.35. The number of hydrogen-bond acceptors (Lipinski definition) is 10. The molecular formula is C25H26FN7O4. The van der Waals surface area contributed by atoms with Gasteiger partial charge in [0.25, 0.3) is 5.91 Å². The minimum absolute atomic E-state index is 0.0297. The molecule has 1 aromatic carbocycles. The Hall–Kier alpha value is -4.45. The molecule has 3 heterocycles. The molecule has 4 rings (SSSR count). The number of fused-ring (bicyclic) bond motifs is 1. The summed E-state index contributed by atoms with van der Waals surface area (Å²) in [5, 5.41) is 9.55. The number of anilines is 1. The molecule has 37 heavy (non-hydrogen) atoms. The molecule has 0 saturated carbocycles.